The van der Waals surface area contributed by atoms with E-state index in [0.29, 0.717) is 12.4 Å². The third kappa shape index (κ3) is 3.27. The predicted molar refractivity (Wildman–Crippen MR) is 102 cm³/mol. The highest BCUT2D eigenvalue weighted by Crippen LogP contribution is 2.19. The van der Waals surface area contributed by atoms with Gasteiger partial charge in [-0.3, -0.25) is 5.10 Å². The minimum Gasteiger partial charge on any atom is -0.497 e. The van der Waals surface area contributed by atoms with Gasteiger partial charge in [-0.1, -0.05) is 24.3 Å². The van der Waals surface area contributed by atoms with Gasteiger partial charge in [-0.2, -0.15) is 10.2 Å². The molecule has 0 radical (unpaired) electrons. The van der Waals surface area contributed by atoms with Gasteiger partial charge in [-0.25, -0.2) is 14.0 Å². The first kappa shape index (κ1) is 16.8. The number of aryl methyl sites for hydroxylation is 1. The van der Waals surface area contributed by atoms with Crippen LogP contribution in [0, 0.1) is 6.92 Å². The maximum atomic E-state index is 12.9. The van der Waals surface area contributed by atoms with Gasteiger partial charge >= 0.3 is 5.69 Å². The molecule has 7 nitrogen and oxygen atoms in total. The van der Waals surface area contributed by atoms with Crippen LogP contribution in [0.15, 0.2) is 65.7 Å². The maximum absolute atomic E-state index is 12.9. The topological polar surface area (TPSA) is 77.7 Å². The Balaban J connectivity index is 1.65. The Hall–Kier alpha value is -3.61. The molecule has 0 aliphatic rings. The molecule has 0 bridgehead atoms. The Bertz CT molecular complexity index is 1110. The molecule has 0 aliphatic heterocycles. The number of hydrogen-bond donors (Lipinski definition) is 1. The molecule has 1 N–H and O–H groups in total. The quantitative estimate of drug-likeness (QED) is 0.593. The van der Waals surface area contributed by atoms with E-state index in [1.54, 1.807) is 17.9 Å². The normalized spacial score (nSPS) is 10.9. The molecule has 2 aromatic carbocycles. The number of nitrogens with zero attached hydrogens (tertiary/aromatic N) is 4. The number of aromatic nitrogens is 5. The van der Waals surface area contributed by atoms with E-state index in [2.05, 4.69) is 15.3 Å². The lowest BCUT2D eigenvalue weighted by Crippen LogP contribution is -2.24. The number of hydrogen-bond acceptors (Lipinski definition) is 4. The highest BCUT2D eigenvalue weighted by atomic mass is 16.5. The van der Waals surface area contributed by atoms with Crippen molar-refractivity contribution >= 4 is 0 Å². The van der Waals surface area contributed by atoms with Crippen LogP contribution in [0.3, 0.4) is 0 Å². The third-order valence-corrected chi connectivity index (χ3v) is 4.42. The molecule has 2 aromatic heterocycles. The number of H-pyrrole nitrogens is 1. The van der Waals surface area contributed by atoms with Crippen molar-refractivity contribution in [3.05, 3.63) is 82.8 Å². The van der Waals surface area contributed by atoms with Crippen LogP contribution in [0.5, 0.6) is 5.75 Å². The number of nitrogens with one attached hydrogen (secondary N) is 1. The second-order valence-corrected chi connectivity index (χ2v) is 6.21. The van der Waals surface area contributed by atoms with Crippen molar-refractivity contribution in [2.24, 2.45) is 0 Å². The Morgan fingerprint density at radius 1 is 1.11 bits per heavy atom. The summed E-state index contributed by atoms with van der Waals surface area (Å²) in [5.41, 5.74) is 3.59. The SMILES string of the molecule is COc1cccc(Cn2nc(C)n(-c3ccc(-c4cn[nH]c4)cc3)c2=O)c1. The van der Waals surface area contributed by atoms with Gasteiger partial charge in [-0.15, -0.1) is 0 Å². The first-order valence-corrected chi connectivity index (χ1v) is 8.54. The van der Waals surface area contributed by atoms with E-state index in [-0.39, 0.29) is 5.69 Å². The highest BCUT2D eigenvalue weighted by molar-refractivity contribution is 5.63. The number of benzene rings is 2. The molecule has 4 aromatic rings. The summed E-state index contributed by atoms with van der Waals surface area (Å²) in [7, 11) is 1.62. The zero-order chi connectivity index (χ0) is 18.8. The molecule has 0 spiro atoms. The summed E-state index contributed by atoms with van der Waals surface area (Å²) < 4.78 is 8.32. The molecule has 0 unspecified atom stereocenters. The number of methoxy groups -OCH3 is 1. The molecule has 0 aliphatic carbocycles. The summed E-state index contributed by atoms with van der Waals surface area (Å²) in [6.45, 7) is 2.21. The Morgan fingerprint density at radius 2 is 1.93 bits per heavy atom. The van der Waals surface area contributed by atoms with Gasteiger partial charge < -0.3 is 4.74 Å². The fraction of sp³-hybridized carbons (Fsp3) is 0.150. The van der Waals surface area contributed by atoms with Crippen molar-refractivity contribution in [2.45, 2.75) is 13.5 Å². The fourth-order valence-electron chi connectivity index (χ4n) is 3.07. The second-order valence-electron chi connectivity index (χ2n) is 6.21. The summed E-state index contributed by atoms with van der Waals surface area (Å²) in [6.07, 6.45) is 3.59. The Labute approximate surface area is 155 Å². The molecular formula is C20H19N5O2. The van der Waals surface area contributed by atoms with Crippen molar-refractivity contribution in [3.63, 3.8) is 0 Å². The lowest BCUT2D eigenvalue weighted by molar-refractivity contribution is 0.414. The molecule has 4 rings (SSSR count). The van der Waals surface area contributed by atoms with E-state index in [1.165, 1.54) is 4.68 Å². The molecule has 136 valence electrons. The maximum Gasteiger partial charge on any atom is 0.350 e. The van der Waals surface area contributed by atoms with Gasteiger partial charge in [0.2, 0.25) is 0 Å². The standard InChI is InChI=1S/C20H19N5O2/c1-14-23-24(13-15-4-3-5-19(10-15)27-2)20(26)25(14)18-8-6-16(7-9-18)17-11-21-22-12-17/h3-12H,13H2,1-2H3,(H,21,22). The molecular weight excluding hydrogens is 342 g/mol. The molecule has 0 saturated heterocycles. The van der Waals surface area contributed by atoms with Crippen LogP contribution in [-0.4, -0.2) is 31.7 Å². The zero-order valence-corrected chi connectivity index (χ0v) is 15.1. The molecule has 0 amide bonds. The minimum absolute atomic E-state index is 0.175. The summed E-state index contributed by atoms with van der Waals surface area (Å²) in [6, 6.07) is 15.4. The van der Waals surface area contributed by atoms with Crippen molar-refractivity contribution in [2.75, 3.05) is 7.11 Å². The predicted octanol–water partition coefficient (Wildman–Crippen LogP) is 2.79. The zero-order valence-electron chi connectivity index (χ0n) is 15.1. The van der Waals surface area contributed by atoms with E-state index in [9.17, 15) is 4.79 Å². The molecule has 7 heteroatoms. The van der Waals surface area contributed by atoms with Crippen LogP contribution >= 0.6 is 0 Å². The molecule has 0 atom stereocenters. The fourth-order valence-corrected chi connectivity index (χ4v) is 3.07. The summed E-state index contributed by atoms with van der Waals surface area (Å²) in [4.78, 5) is 12.9. The Kier molecular flexibility index (Phi) is 4.33. The van der Waals surface area contributed by atoms with E-state index >= 15 is 0 Å². The van der Waals surface area contributed by atoms with Crippen LogP contribution in [0.2, 0.25) is 0 Å². The largest absolute Gasteiger partial charge is 0.497 e. The lowest BCUT2D eigenvalue weighted by atomic mass is 10.1. The van der Waals surface area contributed by atoms with Crippen molar-refractivity contribution in [1.82, 2.24) is 24.5 Å². The van der Waals surface area contributed by atoms with Gasteiger partial charge in [0.15, 0.2) is 0 Å². The summed E-state index contributed by atoms with van der Waals surface area (Å²) in [5, 5.41) is 11.2. The molecule has 2 heterocycles. The van der Waals surface area contributed by atoms with Crippen LogP contribution in [0.4, 0.5) is 0 Å². The van der Waals surface area contributed by atoms with Crippen LogP contribution < -0.4 is 10.4 Å². The van der Waals surface area contributed by atoms with E-state index < -0.39 is 0 Å². The van der Waals surface area contributed by atoms with Gasteiger partial charge in [0.1, 0.15) is 11.6 Å². The first-order valence-electron chi connectivity index (χ1n) is 8.54. The van der Waals surface area contributed by atoms with Crippen LogP contribution in [0.1, 0.15) is 11.4 Å². The van der Waals surface area contributed by atoms with Crippen LogP contribution in [0.25, 0.3) is 16.8 Å². The van der Waals surface area contributed by atoms with Gasteiger partial charge in [-0.05, 0) is 42.3 Å². The number of aromatic amines is 1. The van der Waals surface area contributed by atoms with Crippen molar-refractivity contribution in [3.8, 4) is 22.6 Å². The number of rotatable bonds is 5. The first-order chi connectivity index (χ1) is 13.2. The monoisotopic (exact) mass is 361 g/mol. The molecule has 0 fully saturated rings. The average Bonchev–Trinajstić information content (AvgIpc) is 3.31. The van der Waals surface area contributed by atoms with Crippen molar-refractivity contribution < 1.29 is 4.74 Å². The number of ether oxygens (including phenoxy) is 1. The summed E-state index contributed by atoms with van der Waals surface area (Å²) >= 11 is 0. The smallest absolute Gasteiger partial charge is 0.350 e. The van der Waals surface area contributed by atoms with Crippen molar-refractivity contribution in [1.29, 1.82) is 0 Å². The van der Waals surface area contributed by atoms with Gasteiger partial charge in [0.05, 0.1) is 25.5 Å². The van der Waals surface area contributed by atoms with E-state index in [4.69, 9.17) is 4.74 Å². The Morgan fingerprint density at radius 3 is 2.63 bits per heavy atom. The van der Waals surface area contributed by atoms with E-state index in [1.807, 2.05) is 61.7 Å². The average molecular weight is 361 g/mol. The molecule has 27 heavy (non-hydrogen) atoms. The van der Waals surface area contributed by atoms with E-state index in [0.717, 1.165) is 28.1 Å². The third-order valence-electron chi connectivity index (χ3n) is 4.42. The summed E-state index contributed by atoms with van der Waals surface area (Å²) in [5.74, 6) is 1.39. The van der Waals surface area contributed by atoms with Crippen LogP contribution in [-0.2, 0) is 6.54 Å². The highest BCUT2D eigenvalue weighted by Gasteiger charge is 2.12. The molecule has 0 saturated carbocycles. The lowest BCUT2D eigenvalue weighted by Gasteiger charge is -2.05. The van der Waals surface area contributed by atoms with Gasteiger partial charge in [0.25, 0.3) is 0 Å². The second kappa shape index (κ2) is 6.95. The minimum atomic E-state index is -0.175. The van der Waals surface area contributed by atoms with Gasteiger partial charge in [0, 0.05) is 11.8 Å².